The van der Waals surface area contributed by atoms with Gasteiger partial charge in [-0.3, -0.25) is 4.79 Å². The number of methoxy groups -OCH3 is 1. The molecule has 0 saturated carbocycles. The number of ether oxygens (including phenoxy) is 1. The third-order valence-corrected chi connectivity index (χ3v) is 4.29. The van der Waals surface area contributed by atoms with Crippen LogP contribution in [0.1, 0.15) is 63.9 Å². The highest BCUT2D eigenvalue weighted by atomic mass is 79.9. The third-order valence-electron chi connectivity index (χ3n) is 3.68. The predicted octanol–water partition coefficient (Wildman–Crippen LogP) is 4.75. The first kappa shape index (κ1) is 20.5. The molecule has 0 aliphatic heterocycles. The van der Waals surface area contributed by atoms with Crippen LogP contribution in [0.15, 0.2) is 21.7 Å². The lowest BCUT2D eigenvalue weighted by Gasteiger charge is -2.06. The monoisotopic (exact) mass is 398 g/mol. The summed E-state index contributed by atoms with van der Waals surface area (Å²) in [7, 11) is 1.48. The van der Waals surface area contributed by atoms with Gasteiger partial charge in [0.25, 0.3) is 0 Å². The van der Waals surface area contributed by atoms with E-state index >= 15 is 0 Å². The van der Waals surface area contributed by atoms with Gasteiger partial charge in [-0.1, -0.05) is 45.4 Å². The second-order valence-corrected chi connectivity index (χ2v) is 6.57. The predicted molar refractivity (Wildman–Crippen MR) is 101 cm³/mol. The molecule has 0 aromatic heterocycles. The summed E-state index contributed by atoms with van der Waals surface area (Å²) in [5, 5.41) is 13.7. The quantitative estimate of drug-likeness (QED) is 0.320. The van der Waals surface area contributed by atoms with E-state index in [1.165, 1.54) is 45.4 Å². The molecule has 0 radical (unpaired) electrons. The zero-order valence-corrected chi connectivity index (χ0v) is 16.1. The minimum Gasteiger partial charge on any atom is -0.503 e. The Balaban J connectivity index is 2.29. The highest BCUT2D eigenvalue weighted by molar-refractivity contribution is 9.10. The molecule has 0 aliphatic carbocycles. The van der Waals surface area contributed by atoms with Crippen LogP contribution in [-0.4, -0.2) is 24.3 Å². The maximum atomic E-state index is 11.7. The van der Waals surface area contributed by atoms with Gasteiger partial charge in [0.05, 0.1) is 17.8 Å². The van der Waals surface area contributed by atoms with Crippen LogP contribution in [0.5, 0.6) is 11.5 Å². The topological polar surface area (TPSA) is 70.9 Å². The Morgan fingerprint density at radius 3 is 2.58 bits per heavy atom. The molecule has 0 saturated heterocycles. The summed E-state index contributed by atoms with van der Waals surface area (Å²) >= 11 is 3.24. The van der Waals surface area contributed by atoms with Gasteiger partial charge in [-0.2, -0.15) is 5.10 Å². The molecule has 1 rings (SSSR count). The largest absolute Gasteiger partial charge is 0.503 e. The first-order valence-corrected chi connectivity index (χ1v) is 9.26. The fourth-order valence-corrected chi connectivity index (χ4v) is 2.76. The van der Waals surface area contributed by atoms with Crippen LogP contribution >= 0.6 is 15.9 Å². The number of carbonyl (C=O) groups excluding carboxylic acids is 1. The van der Waals surface area contributed by atoms with E-state index in [2.05, 4.69) is 33.4 Å². The lowest BCUT2D eigenvalue weighted by Crippen LogP contribution is -2.16. The van der Waals surface area contributed by atoms with E-state index in [0.29, 0.717) is 22.2 Å². The van der Waals surface area contributed by atoms with Crippen molar-refractivity contribution >= 4 is 28.1 Å². The number of carbonyl (C=O) groups is 1. The average Bonchev–Trinajstić information content (AvgIpc) is 2.57. The molecule has 0 unspecified atom stereocenters. The fourth-order valence-electron chi connectivity index (χ4n) is 2.30. The molecule has 24 heavy (non-hydrogen) atoms. The number of benzene rings is 1. The fraction of sp³-hybridized carbons (Fsp3) is 0.556. The Morgan fingerprint density at radius 2 is 1.92 bits per heavy atom. The minimum absolute atomic E-state index is 0.0395. The number of unbranched alkanes of at least 4 members (excludes halogenated alkanes) is 6. The Morgan fingerprint density at radius 1 is 1.25 bits per heavy atom. The van der Waals surface area contributed by atoms with Crippen LogP contribution in [0.4, 0.5) is 0 Å². The van der Waals surface area contributed by atoms with Gasteiger partial charge in [0.1, 0.15) is 0 Å². The van der Waals surface area contributed by atoms with Crippen LogP contribution in [0.2, 0.25) is 0 Å². The zero-order valence-electron chi connectivity index (χ0n) is 14.5. The molecule has 5 nitrogen and oxygen atoms in total. The highest BCUT2D eigenvalue weighted by Crippen LogP contribution is 2.34. The number of amides is 1. The summed E-state index contributed by atoms with van der Waals surface area (Å²) in [6.45, 7) is 2.21. The van der Waals surface area contributed by atoms with Crippen LogP contribution < -0.4 is 10.2 Å². The SMILES string of the molecule is CCCCCCCCCC(=O)N/N=C/c1cc(Br)c(O)c(OC)c1. The Bertz CT molecular complexity index is 547. The van der Waals surface area contributed by atoms with Crippen molar-refractivity contribution in [3.05, 3.63) is 22.2 Å². The zero-order chi connectivity index (χ0) is 17.8. The van der Waals surface area contributed by atoms with Crippen molar-refractivity contribution in [2.75, 3.05) is 7.11 Å². The molecule has 2 N–H and O–H groups in total. The summed E-state index contributed by atoms with van der Waals surface area (Å²) in [5.74, 6) is 0.308. The Kier molecular flexibility index (Phi) is 10.2. The summed E-state index contributed by atoms with van der Waals surface area (Å²) < 4.78 is 5.58. The molecule has 0 fully saturated rings. The van der Waals surface area contributed by atoms with Crippen molar-refractivity contribution in [1.82, 2.24) is 5.43 Å². The van der Waals surface area contributed by atoms with Crippen molar-refractivity contribution in [2.45, 2.75) is 58.3 Å². The lowest BCUT2D eigenvalue weighted by atomic mass is 10.1. The third kappa shape index (κ3) is 7.81. The maximum Gasteiger partial charge on any atom is 0.240 e. The molecule has 1 aromatic rings. The first-order chi connectivity index (χ1) is 11.6. The molecule has 0 spiro atoms. The Hall–Kier alpha value is -1.56. The maximum absolute atomic E-state index is 11.7. The van der Waals surface area contributed by atoms with E-state index in [4.69, 9.17) is 4.74 Å². The molecule has 1 amide bonds. The molecule has 0 heterocycles. The smallest absolute Gasteiger partial charge is 0.240 e. The number of hydrogen-bond acceptors (Lipinski definition) is 4. The summed E-state index contributed by atoms with van der Waals surface area (Å²) in [6.07, 6.45) is 10.3. The highest BCUT2D eigenvalue weighted by Gasteiger charge is 2.07. The van der Waals surface area contributed by atoms with E-state index in [1.807, 2.05) is 0 Å². The van der Waals surface area contributed by atoms with E-state index in [1.54, 1.807) is 12.1 Å². The van der Waals surface area contributed by atoms with Crippen LogP contribution in [0.3, 0.4) is 0 Å². The molecule has 0 aliphatic rings. The van der Waals surface area contributed by atoms with Gasteiger partial charge in [0, 0.05) is 6.42 Å². The van der Waals surface area contributed by atoms with E-state index in [0.717, 1.165) is 12.8 Å². The summed E-state index contributed by atoms with van der Waals surface area (Å²) in [4.78, 5) is 11.7. The lowest BCUT2D eigenvalue weighted by molar-refractivity contribution is -0.121. The second-order valence-electron chi connectivity index (χ2n) is 5.72. The summed E-state index contributed by atoms with van der Waals surface area (Å²) in [6, 6.07) is 3.34. The van der Waals surface area contributed by atoms with Gasteiger partial charge in [0.15, 0.2) is 11.5 Å². The number of nitrogens with zero attached hydrogens (tertiary/aromatic N) is 1. The number of phenolic OH excluding ortho intramolecular Hbond substituents is 1. The van der Waals surface area contributed by atoms with Crippen molar-refractivity contribution in [3.63, 3.8) is 0 Å². The van der Waals surface area contributed by atoms with Crippen molar-refractivity contribution in [3.8, 4) is 11.5 Å². The van der Waals surface area contributed by atoms with Crippen LogP contribution in [0, 0.1) is 0 Å². The molecular weight excluding hydrogens is 372 g/mol. The number of aromatic hydroxyl groups is 1. The van der Waals surface area contributed by atoms with Gasteiger partial charge in [-0.25, -0.2) is 5.43 Å². The molecule has 0 bridgehead atoms. The van der Waals surface area contributed by atoms with E-state index < -0.39 is 0 Å². The number of nitrogens with one attached hydrogen (secondary N) is 1. The molecule has 1 aromatic carbocycles. The first-order valence-electron chi connectivity index (χ1n) is 8.46. The number of phenols is 1. The van der Waals surface area contributed by atoms with Crippen molar-refractivity contribution in [2.24, 2.45) is 5.10 Å². The minimum atomic E-state index is -0.0791. The molecule has 6 heteroatoms. The van der Waals surface area contributed by atoms with Gasteiger partial charge in [0.2, 0.25) is 5.91 Å². The average molecular weight is 399 g/mol. The van der Waals surface area contributed by atoms with Crippen LogP contribution in [0.25, 0.3) is 0 Å². The van der Waals surface area contributed by atoms with E-state index in [-0.39, 0.29) is 11.7 Å². The molecule has 0 atom stereocenters. The number of halogens is 1. The normalized spacial score (nSPS) is 11.0. The number of hydrazone groups is 1. The Labute approximate surface area is 152 Å². The van der Waals surface area contributed by atoms with Gasteiger partial charge in [-0.05, 0) is 40.0 Å². The van der Waals surface area contributed by atoms with Crippen molar-refractivity contribution < 1.29 is 14.6 Å². The second kappa shape index (κ2) is 11.9. The standard InChI is InChI=1S/C18H27BrN2O3/c1-3-4-5-6-7-8-9-10-17(22)21-20-13-14-11-15(19)18(23)16(12-14)24-2/h11-13,23H,3-10H2,1-2H3,(H,21,22)/b20-13+. The van der Waals surface area contributed by atoms with Crippen LogP contribution in [-0.2, 0) is 4.79 Å². The van der Waals surface area contributed by atoms with Gasteiger partial charge < -0.3 is 9.84 Å². The van der Waals surface area contributed by atoms with E-state index in [9.17, 15) is 9.90 Å². The van der Waals surface area contributed by atoms with Crippen molar-refractivity contribution in [1.29, 1.82) is 0 Å². The molecule has 134 valence electrons. The molecular formula is C18H27BrN2O3. The van der Waals surface area contributed by atoms with Gasteiger partial charge >= 0.3 is 0 Å². The van der Waals surface area contributed by atoms with Gasteiger partial charge in [-0.15, -0.1) is 0 Å². The summed E-state index contributed by atoms with van der Waals surface area (Å²) in [5.41, 5.74) is 3.24. The number of hydrogen-bond donors (Lipinski definition) is 2. The number of rotatable bonds is 11.